The molecule has 0 radical (unpaired) electrons. The highest BCUT2D eigenvalue weighted by atomic mass is 79.9. The number of halogens is 1. The minimum Gasteiger partial charge on any atom is -0.493 e. The molecule has 0 fully saturated rings. The van der Waals surface area contributed by atoms with Gasteiger partial charge in [0.15, 0.2) is 11.5 Å². The minimum absolute atomic E-state index is 0.127. The number of hydrogen-bond acceptors (Lipinski definition) is 4. The highest BCUT2D eigenvalue weighted by molar-refractivity contribution is 9.10. The molecule has 0 bridgehead atoms. The van der Waals surface area contributed by atoms with Gasteiger partial charge in [-0.25, -0.2) is 4.79 Å². The van der Waals surface area contributed by atoms with Crippen LogP contribution in [0.1, 0.15) is 15.9 Å². The van der Waals surface area contributed by atoms with Crippen LogP contribution in [0.3, 0.4) is 0 Å². The van der Waals surface area contributed by atoms with Crippen LogP contribution in [0.15, 0.2) is 29.0 Å². The lowest BCUT2D eigenvalue weighted by atomic mass is 10.2. The van der Waals surface area contributed by atoms with Gasteiger partial charge in [-0.2, -0.15) is 5.10 Å². The highest BCUT2D eigenvalue weighted by Gasteiger charge is 2.15. The van der Waals surface area contributed by atoms with Crippen molar-refractivity contribution in [3.05, 3.63) is 40.1 Å². The number of ether oxygens (including phenoxy) is 2. The summed E-state index contributed by atoms with van der Waals surface area (Å²) < 4.78 is 13.1. The van der Waals surface area contributed by atoms with Crippen molar-refractivity contribution in [2.45, 2.75) is 6.61 Å². The van der Waals surface area contributed by atoms with Crippen molar-refractivity contribution >= 4 is 21.9 Å². The fraction of sp³-hybridized carbons (Fsp3) is 0.231. The Balaban J connectivity index is 2.24. The Hall–Kier alpha value is -2.02. The third-order valence-corrected chi connectivity index (χ3v) is 3.21. The third-order valence-electron chi connectivity index (χ3n) is 2.62. The van der Waals surface area contributed by atoms with Crippen LogP contribution >= 0.6 is 15.9 Å². The maximum atomic E-state index is 11.0. The van der Waals surface area contributed by atoms with Gasteiger partial charge < -0.3 is 14.6 Å². The van der Waals surface area contributed by atoms with E-state index in [1.54, 1.807) is 10.9 Å². The van der Waals surface area contributed by atoms with Gasteiger partial charge in [0, 0.05) is 18.8 Å². The summed E-state index contributed by atoms with van der Waals surface area (Å²) in [4.78, 5) is 11.0. The van der Waals surface area contributed by atoms with Crippen molar-refractivity contribution in [2.24, 2.45) is 7.05 Å². The molecule has 0 aliphatic carbocycles. The SMILES string of the molecule is COc1cc(C(=O)O)cc(Br)c1OCc1cnn(C)c1. The molecule has 106 valence electrons. The van der Waals surface area contributed by atoms with Crippen LogP contribution in [0.2, 0.25) is 0 Å². The number of rotatable bonds is 5. The fourth-order valence-electron chi connectivity index (χ4n) is 1.69. The third kappa shape index (κ3) is 3.11. The number of carbonyl (C=O) groups is 1. The van der Waals surface area contributed by atoms with E-state index in [2.05, 4.69) is 21.0 Å². The van der Waals surface area contributed by atoms with Crippen LogP contribution in [0.4, 0.5) is 0 Å². The number of benzene rings is 1. The molecule has 0 spiro atoms. The molecular weight excluding hydrogens is 328 g/mol. The second kappa shape index (κ2) is 5.96. The molecule has 2 rings (SSSR count). The lowest BCUT2D eigenvalue weighted by Gasteiger charge is -2.12. The molecule has 7 heteroatoms. The molecule has 1 aromatic heterocycles. The average molecular weight is 341 g/mol. The lowest BCUT2D eigenvalue weighted by molar-refractivity contribution is 0.0696. The van der Waals surface area contributed by atoms with Crippen LogP contribution in [0.25, 0.3) is 0 Å². The number of aromatic nitrogens is 2. The largest absolute Gasteiger partial charge is 0.493 e. The van der Waals surface area contributed by atoms with Gasteiger partial charge in [0.05, 0.1) is 23.3 Å². The van der Waals surface area contributed by atoms with Gasteiger partial charge in [-0.05, 0) is 28.1 Å². The normalized spacial score (nSPS) is 10.3. The van der Waals surface area contributed by atoms with Crippen molar-refractivity contribution in [1.29, 1.82) is 0 Å². The monoisotopic (exact) mass is 340 g/mol. The second-order valence-corrected chi connectivity index (χ2v) is 4.96. The Morgan fingerprint density at radius 1 is 1.50 bits per heavy atom. The van der Waals surface area contributed by atoms with E-state index >= 15 is 0 Å². The van der Waals surface area contributed by atoms with Gasteiger partial charge in [-0.15, -0.1) is 0 Å². The zero-order valence-electron chi connectivity index (χ0n) is 11.0. The summed E-state index contributed by atoms with van der Waals surface area (Å²) in [6.45, 7) is 0.315. The smallest absolute Gasteiger partial charge is 0.335 e. The van der Waals surface area contributed by atoms with Gasteiger partial charge in [-0.3, -0.25) is 4.68 Å². The van der Waals surface area contributed by atoms with E-state index in [1.165, 1.54) is 19.2 Å². The first-order valence-electron chi connectivity index (χ1n) is 5.72. The molecule has 0 unspecified atom stereocenters. The Morgan fingerprint density at radius 2 is 2.25 bits per heavy atom. The fourth-order valence-corrected chi connectivity index (χ4v) is 2.24. The first-order valence-corrected chi connectivity index (χ1v) is 6.51. The van der Waals surface area contributed by atoms with Gasteiger partial charge in [0.25, 0.3) is 0 Å². The maximum absolute atomic E-state index is 11.0. The van der Waals surface area contributed by atoms with Crippen LogP contribution in [0, 0.1) is 0 Å². The van der Waals surface area contributed by atoms with E-state index in [0.29, 0.717) is 22.6 Å². The number of aryl methyl sites for hydroxylation is 1. The summed E-state index contributed by atoms with van der Waals surface area (Å²) in [5.74, 6) is -0.204. The number of nitrogens with zero attached hydrogens (tertiary/aromatic N) is 2. The molecule has 1 heterocycles. The summed E-state index contributed by atoms with van der Waals surface area (Å²) in [5.41, 5.74) is 1.03. The van der Waals surface area contributed by atoms with Crippen molar-refractivity contribution < 1.29 is 19.4 Å². The molecule has 1 aromatic carbocycles. The molecule has 0 saturated carbocycles. The average Bonchev–Trinajstić information content (AvgIpc) is 2.82. The zero-order chi connectivity index (χ0) is 14.7. The Labute approximate surface area is 124 Å². The molecular formula is C13H13BrN2O4. The van der Waals surface area contributed by atoms with Crippen molar-refractivity contribution in [2.75, 3.05) is 7.11 Å². The van der Waals surface area contributed by atoms with Crippen LogP contribution in [0.5, 0.6) is 11.5 Å². The number of carboxylic acids is 1. The summed E-state index contributed by atoms with van der Waals surface area (Å²) in [6, 6.07) is 2.90. The van der Waals surface area contributed by atoms with Crippen molar-refractivity contribution in [3.8, 4) is 11.5 Å². The minimum atomic E-state index is -1.03. The number of carboxylic acid groups (broad SMARTS) is 1. The van der Waals surface area contributed by atoms with Gasteiger partial charge in [-0.1, -0.05) is 0 Å². The van der Waals surface area contributed by atoms with Crippen LogP contribution in [-0.2, 0) is 13.7 Å². The molecule has 0 aliphatic heterocycles. The summed E-state index contributed by atoms with van der Waals surface area (Å²) in [5, 5.41) is 13.0. The maximum Gasteiger partial charge on any atom is 0.335 e. The molecule has 6 nitrogen and oxygen atoms in total. The number of aromatic carboxylic acids is 1. The molecule has 2 aromatic rings. The summed E-state index contributed by atoms with van der Waals surface area (Å²) in [6.07, 6.45) is 3.54. The first kappa shape index (κ1) is 14.4. The molecule has 0 amide bonds. The molecule has 0 saturated heterocycles. The topological polar surface area (TPSA) is 73.6 Å². The Bertz CT molecular complexity index is 639. The van der Waals surface area contributed by atoms with E-state index in [1.807, 2.05) is 13.2 Å². The Kier molecular flexibility index (Phi) is 4.29. The van der Waals surface area contributed by atoms with Crippen molar-refractivity contribution in [1.82, 2.24) is 9.78 Å². The lowest BCUT2D eigenvalue weighted by Crippen LogP contribution is -2.02. The zero-order valence-corrected chi connectivity index (χ0v) is 12.5. The predicted molar refractivity (Wildman–Crippen MR) is 75.2 cm³/mol. The quantitative estimate of drug-likeness (QED) is 0.904. The molecule has 20 heavy (non-hydrogen) atoms. The van der Waals surface area contributed by atoms with Crippen LogP contribution < -0.4 is 9.47 Å². The number of methoxy groups -OCH3 is 1. The number of hydrogen-bond donors (Lipinski definition) is 1. The van der Waals surface area contributed by atoms with Gasteiger partial charge in [0.2, 0.25) is 0 Å². The molecule has 1 N–H and O–H groups in total. The van der Waals surface area contributed by atoms with Crippen LogP contribution in [-0.4, -0.2) is 28.0 Å². The highest BCUT2D eigenvalue weighted by Crippen LogP contribution is 2.37. The van der Waals surface area contributed by atoms with E-state index in [9.17, 15) is 4.79 Å². The van der Waals surface area contributed by atoms with Gasteiger partial charge in [0.1, 0.15) is 6.61 Å². The van der Waals surface area contributed by atoms with Crippen molar-refractivity contribution in [3.63, 3.8) is 0 Å². The first-order chi connectivity index (χ1) is 9.51. The van der Waals surface area contributed by atoms with E-state index in [0.717, 1.165) is 5.56 Å². The standard InChI is InChI=1S/C13H13BrN2O4/c1-16-6-8(5-15-16)7-20-12-10(14)3-9(13(17)18)4-11(12)19-2/h3-6H,7H2,1-2H3,(H,17,18). The Morgan fingerprint density at radius 3 is 2.80 bits per heavy atom. The van der Waals surface area contributed by atoms with E-state index in [4.69, 9.17) is 14.6 Å². The molecule has 0 atom stereocenters. The predicted octanol–water partition coefficient (Wildman–Crippen LogP) is 2.47. The molecule has 0 aliphatic rings. The summed E-state index contributed by atoms with van der Waals surface area (Å²) in [7, 11) is 3.28. The second-order valence-electron chi connectivity index (χ2n) is 4.11. The van der Waals surface area contributed by atoms with E-state index in [-0.39, 0.29) is 5.56 Å². The van der Waals surface area contributed by atoms with Gasteiger partial charge >= 0.3 is 5.97 Å². The van der Waals surface area contributed by atoms with E-state index < -0.39 is 5.97 Å². The summed E-state index contributed by atoms with van der Waals surface area (Å²) >= 11 is 3.30.